The Morgan fingerprint density at radius 2 is 1.91 bits per heavy atom. The van der Waals surface area contributed by atoms with Crippen molar-refractivity contribution in [2.45, 2.75) is 38.5 Å². The molecular weight excluding hydrogens is 284 g/mol. The van der Waals surface area contributed by atoms with Crippen LogP contribution in [0.3, 0.4) is 0 Å². The third-order valence-corrected chi connectivity index (χ3v) is 5.25. The summed E-state index contributed by atoms with van der Waals surface area (Å²) in [6.45, 7) is 3.52. The lowest BCUT2D eigenvalue weighted by molar-refractivity contribution is -0.886. The molecule has 1 aromatic rings. The average Bonchev–Trinajstić information content (AvgIpc) is 2.62. The molecule has 1 fully saturated rings. The highest BCUT2D eigenvalue weighted by atomic mass is 16.2. The summed E-state index contributed by atoms with van der Waals surface area (Å²) in [7, 11) is 0. The number of carbonyl (C=O) groups excluding carboxylic acids is 1. The molecule has 1 atom stereocenters. The van der Waals surface area contributed by atoms with Crippen LogP contribution in [0.25, 0.3) is 5.57 Å². The number of benzene rings is 1. The van der Waals surface area contributed by atoms with E-state index in [0.717, 1.165) is 26.1 Å². The SMILES string of the molecule is O=C(C[NH+]1CC=C(c2ccccc2)CC1)NCC1CCCCC1. The molecule has 2 N–H and O–H groups in total. The van der Waals surface area contributed by atoms with Crippen molar-refractivity contribution in [3.63, 3.8) is 0 Å². The second-order valence-corrected chi connectivity index (χ2v) is 7.03. The van der Waals surface area contributed by atoms with Crippen LogP contribution in [-0.2, 0) is 4.79 Å². The molecule has 2 aliphatic rings. The fourth-order valence-corrected chi connectivity index (χ4v) is 3.80. The molecule has 0 aromatic heterocycles. The molecule has 0 saturated heterocycles. The van der Waals surface area contributed by atoms with E-state index in [-0.39, 0.29) is 5.91 Å². The van der Waals surface area contributed by atoms with Crippen molar-refractivity contribution in [1.29, 1.82) is 0 Å². The third-order valence-electron chi connectivity index (χ3n) is 5.25. The first kappa shape index (κ1) is 16.3. The summed E-state index contributed by atoms with van der Waals surface area (Å²) in [4.78, 5) is 13.5. The summed E-state index contributed by atoms with van der Waals surface area (Å²) < 4.78 is 0. The number of hydrogen-bond donors (Lipinski definition) is 2. The van der Waals surface area contributed by atoms with Crippen molar-refractivity contribution < 1.29 is 9.69 Å². The van der Waals surface area contributed by atoms with Crippen molar-refractivity contribution in [1.82, 2.24) is 5.32 Å². The molecule has 3 rings (SSSR count). The predicted octanol–water partition coefficient (Wildman–Crippen LogP) is 2.06. The minimum atomic E-state index is 0.224. The Morgan fingerprint density at radius 1 is 1.13 bits per heavy atom. The van der Waals surface area contributed by atoms with E-state index in [2.05, 4.69) is 41.7 Å². The molecule has 1 saturated carbocycles. The molecule has 1 aromatic carbocycles. The van der Waals surface area contributed by atoms with Gasteiger partial charge in [-0.05, 0) is 36.0 Å². The van der Waals surface area contributed by atoms with E-state index in [0.29, 0.717) is 12.5 Å². The van der Waals surface area contributed by atoms with E-state index in [1.165, 1.54) is 48.1 Å². The standard InChI is InChI=1S/C20H28N2O/c23-20(21-15-17-7-3-1-4-8-17)16-22-13-11-19(12-14-22)18-9-5-2-6-10-18/h2,5-6,9-11,17H,1,3-4,7-8,12-16H2,(H,21,23)/p+1. The van der Waals surface area contributed by atoms with Crippen LogP contribution in [-0.4, -0.2) is 32.1 Å². The van der Waals surface area contributed by atoms with Crippen LogP contribution < -0.4 is 10.2 Å². The number of quaternary nitrogens is 1. The highest BCUT2D eigenvalue weighted by Crippen LogP contribution is 2.22. The van der Waals surface area contributed by atoms with Crippen LogP contribution in [0.2, 0.25) is 0 Å². The first-order valence-corrected chi connectivity index (χ1v) is 9.16. The van der Waals surface area contributed by atoms with Gasteiger partial charge in [0.15, 0.2) is 6.54 Å². The molecule has 1 amide bonds. The molecule has 3 heteroatoms. The van der Waals surface area contributed by atoms with Gasteiger partial charge in [0.25, 0.3) is 5.91 Å². The molecule has 3 nitrogen and oxygen atoms in total. The van der Waals surface area contributed by atoms with E-state index in [4.69, 9.17) is 0 Å². The fourth-order valence-electron chi connectivity index (χ4n) is 3.80. The normalized spacial score (nSPS) is 22.4. The average molecular weight is 313 g/mol. The summed E-state index contributed by atoms with van der Waals surface area (Å²) in [5, 5.41) is 3.16. The molecule has 23 heavy (non-hydrogen) atoms. The van der Waals surface area contributed by atoms with Gasteiger partial charge in [0.05, 0.1) is 13.1 Å². The topological polar surface area (TPSA) is 33.5 Å². The molecule has 0 radical (unpaired) electrons. The van der Waals surface area contributed by atoms with Gasteiger partial charge < -0.3 is 10.2 Å². The first-order valence-electron chi connectivity index (χ1n) is 9.16. The quantitative estimate of drug-likeness (QED) is 0.857. The van der Waals surface area contributed by atoms with Gasteiger partial charge in [-0.25, -0.2) is 0 Å². The smallest absolute Gasteiger partial charge is 0.275 e. The Labute approximate surface area is 139 Å². The maximum Gasteiger partial charge on any atom is 0.275 e. The Kier molecular flexibility index (Phi) is 5.87. The largest absolute Gasteiger partial charge is 0.351 e. The Balaban J connectivity index is 1.41. The van der Waals surface area contributed by atoms with Crippen molar-refractivity contribution in [3.8, 4) is 0 Å². The predicted molar refractivity (Wildman–Crippen MR) is 94.2 cm³/mol. The first-order chi connectivity index (χ1) is 11.3. The van der Waals surface area contributed by atoms with E-state index < -0.39 is 0 Å². The van der Waals surface area contributed by atoms with Crippen LogP contribution in [0, 0.1) is 5.92 Å². The van der Waals surface area contributed by atoms with Gasteiger partial charge in [0, 0.05) is 13.0 Å². The number of amides is 1. The molecule has 124 valence electrons. The van der Waals surface area contributed by atoms with E-state index in [1.807, 2.05) is 0 Å². The molecule has 1 aliphatic heterocycles. The molecule has 0 bridgehead atoms. The maximum absolute atomic E-state index is 12.2. The zero-order valence-electron chi connectivity index (χ0n) is 14.0. The van der Waals surface area contributed by atoms with Crippen LogP contribution in [0.5, 0.6) is 0 Å². The lowest BCUT2D eigenvalue weighted by Crippen LogP contribution is -3.13. The number of hydrogen-bond acceptors (Lipinski definition) is 1. The van der Waals surface area contributed by atoms with Gasteiger partial charge >= 0.3 is 0 Å². The molecule has 0 spiro atoms. The van der Waals surface area contributed by atoms with Gasteiger partial charge in [-0.1, -0.05) is 49.6 Å². The molecule has 1 unspecified atom stereocenters. The van der Waals surface area contributed by atoms with Gasteiger partial charge in [-0.3, -0.25) is 4.79 Å². The lowest BCUT2D eigenvalue weighted by Gasteiger charge is -2.25. The second-order valence-electron chi connectivity index (χ2n) is 7.03. The van der Waals surface area contributed by atoms with Crippen LogP contribution >= 0.6 is 0 Å². The molecule has 1 aliphatic carbocycles. The number of carbonyl (C=O) groups is 1. The zero-order valence-corrected chi connectivity index (χ0v) is 14.0. The van der Waals surface area contributed by atoms with Crippen molar-refractivity contribution >= 4 is 11.5 Å². The lowest BCUT2D eigenvalue weighted by atomic mass is 9.89. The number of rotatable bonds is 5. The third kappa shape index (κ3) is 4.93. The fraction of sp³-hybridized carbons (Fsp3) is 0.550. The Bertz CT molecular complexity index is 532. The summed E-state index contributed by atoms with van der Waals surface area (Å²) >= 11 is 0. The van der Waals surface area contributed by atoms with Gasteiger partial charge in [0.1, 0.15) is 0 Å². The Morgan fingerprint density at radius 3 is 2.61 bits per heavy atom. The van der Waals surface area contributed by atoms with E-state index >= 15 is 0 Å². The van der Waals surface area contributed by atoms with Gasteiger partial charge in [0.2, 0.25) is 0 Å². The maximum atomic E-state index is 12.2. The van der Waals surface area contributed by atoms with E-state index in [9.17, 15) is 4.79 Å². The number of nitrogens with one attached hydrogen (secondary N) is 2. The minimum absolute atomic E-state index is 0.224. The second kappa shape index (κ2) is 8.30. The summed E-state index contributed by atoms with van der Waals surface area (Å²) in [6.07, 6.45) is 10.0. The van der Waals surface area contributed by atoms with Gasteiger partial charge in [-0.2, -0.15) is 0 Å². The molecular formula is C20H29N2O+. The molecule has 1 heterocycles. The monoisotopic (exact) mass is 313 g/mol. The highest BCUT2D eigenvalue weighted by Gasteiger charge is 2.20. The summed E-state index contributed by atoms with van der Waals surface area (Å²) in [6, 6.07) is 10.6. The zero-order chi connectivity index (χ0) is 15.9. The Hall–Kier alpha value is -1.61. The van der Waals surface area contributed by atoms with Crippen LogP contribution in [0.4, 0.5) is 0 Å². The van der Waals surface area contributed by atoms with Crippen molar-refractivity contribution in [2.24, 2.45) is 5.92 Å². The summed E-state index contributed by atoms with van der Waals surface area (Å²) in [5.41, 5.74) is 2.75. The highest BCUT2D eigenvalue weighted by molar-refractivity contribution is 5.76. The van der Waals surface area contributed by atoms with Crippen molar-refractivity contribution in [3.05, 3.63) is 42.0 Å². The van der Waals surface area contributed by atoms with E-state index in [1.54, 1.807) is 0 Å². The summed E-state index contributed by atoms with van der Waals surface area (Å²) in [5.74, 6) is 0.941. The minimum Gasteiger partial charge on any atom is -0.351 e. The van der Waals surface area contributed by atoms with Crippen molar-refractivity contribution in [2.75, 3.05) is 26.2 Å². The van der Waals surface area contributed by atoms with Gasteiger partial charge in [-0.15, -0.1) is 0 Å². The van der Waals surface area contributed by atoms with Crippen LogP contribution in [0.15, 0.2) is 36.4 Å². The van der Waals surface area contributed by atoms with Crippen LogP contribution in [0.1, 0.15) is 44.1 Å².